The number of likely N-dealkylation sites (tertiary alicyclic amines) is 1. The highest BCUT2D eigenvalue weighted by Gasteiger charge is 2.55. The summed E-state index contributed by atoms with van der Waals surface area (Å²) >= 11 is 0. The number of ketones is 1. The third-order valence-corrected chi connectivity index (χ3v) is 8.20. The van der Waals surface area contributed by atoms with Gasteiger partial charge in [0.2, 0.25) is 5.91 Å². The largest absolute Gasteiger partial charge is 0.369 e. The summed E-state index contributed by atoms with van der Waals surface area (Å²) in [7, 11) is 0. The molecule has 4 atom stereocenters. The summed E-state index contributed by atoms with van der Waals surface area (Å²) in [6.07, 6.45) is 0.228. The maximum Gasteiger partial charge on any atom is 0.251 e. The first kappa shape index (κ1) is 27.6. The Balaban J connectivity index is 1.46. The Morgan fingerprint density at radius 3 is 2.30 bits per heavy atom. The molecule has 3 aliphatic heterocycles. The highest BCUT2D eigenvalue weighted by atomic mass is 16.5. The van der Waals surface area contributed by atoms with Crippen LogP contribution in [0.4, 0.5) is 5.69 Å². The van der Waals surface area contributed by atoms with Crippen molar-refractivity contribution < 1.29 is 19.1 Å². The molecular formula is C29H44N4O4. The van der Waals surface area contributed by atoms with Crippen molar-refractivity contribution in [1.29, 1.82) is 0 Å². The average molecular weight is 513 g/mol. The molecule has 3 aliphatic rings. The van der Waals surface area contributed by atoms with Crippen LogP contribution in [-0.4, -0.2) is 91.5 Å². The lowest BCUT2D eigenvalue weighted by atomic mass is 9.78. The van der Waals surface area contributed by atoms with Crippen LogP contribution in [-0.2, 0) is 14.3 Å². The molecule has 0 unspecified atom stereocenters. The lowest BCUT2D eigenvalue weighted by Crippen LogP contribution is -2.52. The summed E-state index contributed by atoms with van der Waals surface area (Å²) in [5.41, 5.74) is 1.53. The van der Waals surface area contributed by atoms with Crippen molar-refractivity contribution in [2.75, 3.05) is 50.8 Å². The Morgan fingerprint density at radius 2 is 1.73 bits per heavy atom. The fourth-order valence-corrected chi connectivity index (χ4v) is 5.93. The Hall–Kier alpha value is -2.45. The summed E-state index contributed by atoms with van der Waals surface area (Å²) < 4.78 is 5.86. The molecule has 0 saturated carbocycles. The zero-order valence-corrected chi connectivity index (χ0v) is 23.3. The third-order valence-electron chi connectivity index (χ3n) is 8.20. The Labute approximate surface area is 221 Å². The first-order valence-corrected chi connectivity index (χ1v) is 13.8. The van der Waals surface area contributed by atoms with Crippen molar-refractivity contribution >= 4 is 23.3 Å². The molecule has 3 fully saturated rings. The lowest BCUT2D eigenvalue weighted by Gasteiger charge is -2.35. The lowest BCUT2D eigenvalue weighted by molar-refractivity contribution is -0.138. The second kappa shape index (κ2) is 11.1. The number of amides is 2. The van der Waals surface area contributed by atoms with E-state index in [0.29, 0.717) is 18.5 Å². The van der Waals surface area contributed by atoms with Gasteiger partial charge in [-0.05, 0) is 48.6 Å². The number of fused-ring (bicyclic) bond motifs is 1. The zero-order chi connectivity index (χ0) is 26.9. The van der Waals surface area contributed by atoms with Crippen LogP contribution in [0.1, 0.15) is 58.3 Å². The number of carbonyl (C=O) groups excluding carboxylic acids is 3. The monoisotopic (exact) mass is 512 g/mol. The second-order valence-corrected chi connectivity index (χ2v) is 12.3. The van der Waals surface area contributed by atoms with E-state index in [1.807, 2.05) is 38.1 Å². The molecule has 1 aromatic carbocycles. The molecule has 0 aliphatic carbocycles. The van der Waals surface area contributed by atoms with Crippen LogP contribution in [0, 0.1) is 17.3 Å². The quantitative estimate of drug-likeness (QED) is 0.605. The fourth-order valence-electron chi connectivity index (χ4n) is 5.93. The summed E-state index contributed by atoms with van der Waals surface area (Å²) in [5, 5.41) is 3.00. The minimum atomic E-state index is -0.693. The normalized spacial score (nSPS) is 25.5. The molecule has 1 N–H and O–H groups in total. The molecule has 4 rings (SSSR count). The number of benzene rings is 1. The SMILES string of the molecule is CCN1CCN(c2ccc(C(=O)N[C@@H](CC(C)C)C(=O)N3C[C@@H](C(C)(C)C)[C@H]4OCC(=O)[C@H]43)cc2)CC1. The van der Waals surface area contributed by atoms with Crippen LogP contribution in [0.3, 0.4) is 0 Å². The summed E-state index contributed by atoms with van der Waals surface area (Å²) in [4.78, 5) is 46.2. The number of piperazine rings is 1. The van der Waals surface area contributed by atoms with Crippen molar-refractivity contribution in [3.05, 3.63) is 29.8 Å². The first-order valence-electron chi connectivity index (χ1n) is 13.8. The van der Waals surface area contributed by atoms with Crippen molar-refractivity contribution in [1.82, 2.24) is 15.1 Å². The van der Waals surface area contributed by atoms with Gasteiger partial charge in [-0.3, -0.25) is 14.4 Å². The van der Waals surface area contributed by atoms with E-state index in [4.69, 9.17) is 4.74 Å². The van der Waals surface area contributed by atoms with Crippen LogP contribution in [0.2, 0.25) is 0 Å². The van der Waals surface area contributed by atoms with E-state index in [2.05, 4.69) is 42.8 Å². The van der Waals surface area contributed by atoms with E-state index < -0.39 is 12.1 Å². The predicted molar refractivity (Wildman–Crippen MR) is 145 cm³/mol. The highest BCUT2D eigenvalue weighted by molar-refractivity contribution is 5.99. The molecule has 8 heteroatoms. The molecule has 0 aromatic heterocycles. The maximum atomic E-state index is 13.8. The number of anilines is 1. The molecule has 204 valence electrons. The minimum absolute atomic E-state index is 0.0462. The Kier molecular flexibility index (Phi) is 8.29. The zero-order valence-electron chi connectivity index (χ0n) is 23.3. The van der Waals surface area contributed by atoms with Gasteiger partial charge in [0.15, 0.2) is 5.78 Å². The van der Waals surface area contributed by atoms with Crippen molar-refractivity contribution in [2.45, 2.75) is 66.2 Å². The first-order chi connectivity index (χ1) is 17.5. The van der Waals surface area contributed by atoms with Gasteiger partial charge in [-0.1, -0.05) is 41.5 Å². The van der Waals surface area contributed by atoms with E-state index in [1.54, 1.807) is 4.90 Å². The van der Waals surface area contributed by atoms with E-state index in [-0.39, 0.29) is 47.6 Å². The van der Waals surface area contributed by atoms with Crippen LogP contribution in [0.25, 0.3) is 0 Å². The van der Waals surface area contributed by atoms with Gasteiger partial charge in [0.05, 0.1) is 6.10 Å². The number of nitrogens with zero attached hydrogens (tertiary/aromatic N) is 3. The number of Topliss-reactive ketones (excluding diaryl/α,β-unsaturated/α-hetero) is 1. The van der Waals surface area contributed by atoms with Crippen LogP contribution >= 0.6 is 0 Å². The minimum Gasteiger partial charge on any atom is -0.369 e. The smallest absolute Gasteiger partial charge is 0.251 e. The summed E-state index contributed by atoms with van der Waals surface area (Å²) in [5.74, 6) is -0.234. The third kappa shape index (κ3) is 6.01. The number of carbonyl (C=O) groups is 3. The van der Waals surface area contributed by atoms with Crippen molar-refractivity contribution in [2.24, 2.45) is 17.3 Å². The van der Waals surface area contributed by atoms with Gasteiger partial charge in [0, 0.05) is 49.9 Å². The fraction of sp³-hybridized carbons (Fsp3) is 0.690. The number of hydrogen-bond acceptors (Lipinski definition) is 6. The molecular weight excluding hydrogens is 468 g/mol. The van der Waals surface area contributed by atoms with Gasteiger partial charge in [-0.15, -0.1) is 0 Å². The van der Waals surface area contributed by atoms with E-state index in [0.717, 1.165) is 38.4 Å². The summed E-state index contributed by atoms with van der Waals surface area (Å²) in [6.45, 7) is 18.2. The average Bonchev–Trinajstić information content (AvgIpc) is 3.43. The van der Waals surface area contributed by atoms with Gasteiger partial charge in [-0.25, -0.2) is 0 Å². The van der Waals surface area contributed by atoms with Gasteiger partial charge in [0.25, 0.3) is 5.91 Å². The molecule has 37 heavy (non-hydrogen) atoms. The number of ether oxygens (including phenoxy) is 1. The molecule has 0 radical (unpaired) electrons. The maximum absolute atomic E-state index is 13.8. The molecule has 0 bridgehead atoms. The van der Waals surface area contributed by atoms with Gasteiger partial charge < -0.3 is 24.8 Å². The molecule has 1 aromatic rings. The summed E-state index contributed by atoms with van der Waals surface area (Å²) in [6, 6.07) is 6.40. The van der Waals surface area contributed by atoms with Crippen LogP contribution < -0.4 is 10.2 Å². The molecule has 3 saturated heterocycles. The molecule has 8 nitrogen and oxygen atoms in total. The van der Waals surface area contributed by atoms with E-state index >= 15 is 0 Å². The Morgan fingerprint density at radius 1 is 1.08 bits per heavy atom. The standard InChI is InChI=1S/C29H44N4O4/c1-7-31-12-14-32(15-13-31)21-10-8-20(9-11-21)27(35)30-23(16-19(2)3)28(36)33-17-22(29(4,5)6)26-25(33)24(34)18-37-26/h8-11,19,22-23,25-26H,7,12-18H2,1-6H3,(H,30,35)/t22-,23+,25-,26-/m1/s1. The van der Waals surface area contributed by atoms with E-state index in [9.17, 15) is 14.4 Å². The van der Waals surface area contributed by atoms with Crippen LogP contribution in [0.15, 0.2) is 24.3 Å². The topological polar surface area (TPSA) is 82.2 Å². The Bertz CT molecular complexity index is 979. The van der Waals surface area contributed by atoms with Gasteiger partial charge in [0.1, 0.15) is 18.7 Å². The van der Waals surface area contributed by atoms with Crippen molar-refractivity contribution in [3.63, 3.8) is 0 Å². The van der Waals surface area contributed by atoms with Gasteiger partial charge >= 0.3 is 0 Å². The second-order valence-electron chi connectivity index (χ2n) is 12.3. The van der Waals surface area contributed by atoms with Crippen molar-refractivity contribution in [3.8, 4) is 0 Å². The molecule has 2 amide bonds. The number of hydrogen-bond donors (Lipinski definition) is 1. The molecule has 0 spiro atoms. The van der Waals surface area contributed by atoms with E-state index in [1.165, 1.54) is 0 Å². The number of rotatable bonds is 7. The van der Waals surface area contributed by atoms with Gasteiger partial charge in [-0.2, -0.15) is 0 Å². The van der Waals surface area contributed by atoms with Crippen LogP contribution in [0.5, 0.6) is 0 Å². The highest BCUT2D eigenvalue weighted by Crippen LogP contribution is 2.41. The number of nitrogens with one attached hydrogen (secondary N) is 1. The number of likely N-dealkylation sites (N-methyl/N-ethyl adjacent to an activating group) is 1. The molecule has 3 heterocycles. The predicted octanol–water partition coefficient (Wildman–Crippen LogP) is 2.81.